The molecule has 1 aliphatic rings. The molecule has 0 saturated heterocycles. The van der Waals surface area contributed by atoms with Gasteiger partial charge in [0.05, 0.1) is 0 Å². The average molecular weight is 227 g/mol. The minimum atomic E-state index is 0.197. The van der Waals surface area contributed by atoms with Crippen molar-refractivity contribution in [2.45, 2.75) is 38.6 Å². The monoisotopic (exact) mass is 227 g/mol. The third-order valence-electron chi connectivity index (χ3n) is 4.18. The maximum Gasteiger partial charge on any atom is 0.0330 e. The molecule has 3 unspecified atom stereocenters. The number of hydrogen-bond acceptors (Lipinski definition) is 3. The van der Waals surface area contributed by atoms with Crippen molar-refractivity contribution in [3.63, 3.8) is 0 Å². The third-order valence-corrected chi connectivity index (χ3v) is 4.18. The smallest absolute Gasteiger partial charge is 0.0330 e. The normalized spacial score (nSPS) is 35.6. The second kappa shape index (κ2) is 5.99. The lowest BCUT2D eigenvalue weighted by Crippen LogP contribution is -2.59. The fourth-order valence-electron chi connectivity index (χ4n) is 2.86. The van der Waals surface area contributed by atoms with Crippen molar-refractivity contribution in [3.8, 4) is 0 Å². The molecule has 1 rings (SSSR count). The molecule has 0 heterocycles. The molecule has 0 radical (unpaired) electrons. The number of rotatable bonds is 5. The van der Waals surface area contributed by atoms with E-state index in [1.807, 2.05) is 0 Å². The second-order valence-corrected chi connectivity index (χ2v) is 5.87. The van der Waals surface area contributed by atoms with Crippen LogP contribution < -0.4 is 11.1 Å². The van der Waals surface area contributed by atoms with Crippen LogP contribution >= 0.6 is 0 Å². The van der Waals surface area contributed by atoms with Crippen LogP contribution in [0.3, 0.4) is 0 Å². The van der Waals surface area contributed by atoms with E-state index in [1.165, 1.54) is 19.3 Å². The van der Waals surface area contributed by atoms with Crippen LogP contribution in [0.2, 0.25) is 0 Å². The predicted molar refractivity (Wildman–Crippen MR) is 70.5 cm³/mol. The zero-order chi connectivity index (χ0) is 12.2. The van der Waals surface area contributed by atoms with Crippen LogP contribution in [0.4, 0.5) is 0 Å². The summed E-state index contributed by atoms with van der Waals surface area (Å²) in [5.41, 5.74) is 6.21. The van der Waals surface area contributed by atoms with Crippen molar-refractivity contribution in [2.24, 2.45) is 17.6 Å². The van der Waals surface area contributed by atoms with Gasteiger partial charge in [0.2, 0.25) is 0 Å². The molecule has 0 spiro atoms. The van der Waals surface area contributed by atoms with E-state index in [2.05, 4.69) is 38.2 Å². The lowest BCUT2D eigenvalue weighted by Gasteiger charge is -2.45. The van der Waals surface area contributed by atoms with Gasteiger partial charge in [0.1, 0.15) is 0 Å². The van der Waals surface area contributed by atoms with Crippen LogP contribution in [0.1, 0.15) is 33.1 Å². The first-order chi connectivity index (χ1) is 7.50. The van der Waals surface area contributed by atoms with Crippen LogP contribution in [0.15, 0.2) is 0 Å². The van der Waals surface area contributed by atoms with Gasteiger partial charge in [-0.3, -0.25) is 0 Å². The second-order valence-electron chi connectivity index (χ2n) is 5.87. The standard InChI is InChI=1S/C13H29N3/c1-11-5-6-13(10-14,12(2)9-11)15-7-8-16(3)4/h11-12,15H,5-10,14H2,1-4H3. The van der Waals surface area contributed by atoms with Crippen molar-refractivity contribution in [3.05, 3.63) is 0 Å². The number of likely N-dealkylation sites (N-methyl/N-ethyl adjacent to an activating group) is 1. The Morgan fingerprint density at radius 2 is 2.06 bits per heavy atom. The Bertz CT molecular complexity index is 205. The van der Waals surface area contributed by atoms with Gasteiger partial charge in [-0.05, 0) is 45.2 Å². The minimum absolute atomic E-state index is 0.197. The summed E-state index contributed by atoms with van der Waals surface area (Å²) in [7, 11) is 4.23. The minimum Gasteiger partial charge on any atom is -0.329 e. The molecule has 3 heteroatoms. The molecule has 0 bridgehead atoms. The van der Waals surface area contributed by atoms with E-state index in [0.29, 0.717) is 5.92 Å². The van der Waals surface area contributed by atoms with E-state index in [9.17, 15) is 0 Å². The van der Waals surface area contributed by atoms with Crippen molar-refractivity contribution in [2.75, 3.05) is 33.7 Å². The zero-order valence-electron chi connectivity index (χ0n) is 11.4. The van der Waals surface area contributed by atoms with Gasteiger partial charge in [-0.1, -0.05) is 13.8 Å². The summed E-state index contributed by atoms with van der Waals surface area (Å²) >= 11 is 0. The lowest BCUT2D eigenvalue weighted by atomic mass is 9.70. The summed E-state index contributed by atoms with van der Waals surface area (Å²) in [5, 5.41) is 3.72. The Balaban J connectivity index is 2.49. The van der Waals surface area contributed by atoms with Gasteiger partial charge in [-0.25, -0.2) is 0 Å². The topological polar surface area (TPSA) is 41.3 Å². The van der Waals surface area contributed by atoms with Gasteiger partial charge < -0.3 is 16.0 Å². The van der Waals surface area contributed by atoms with E-state index >= 15 is 0 Å². The summed E-state index contributed by atoms with van der Waals surface area (Å²) in [4.78, 5) is 2.22. The molecule has 0 aromatic rings. The van der Waals surface area contributed by atoms with E-state index in [4.69, 9.17) is 5.73 Å². The average Bonchev–Trinajstić information content (AvgIpc) is 2.21. The Labute approximate surface area is 101 Å². The molecule has 0 aromatic carbocycles. The highest BCUT2D eigenvalue weighted by Crippen LogP contribution is 2.35. The molecule has 1 aliphatic carbocycles. The first-order valence-corrected chi connectivity index (χ1v) is 6.60. The number of hydrogen-bond donors (Lipinski definition) is 2. The lowest BCUT2D eigenvalue weighted by molar-refractivity contribution is 0.127. The molecule has 1 fully saturated rings. The summed E-state index contributed by atoms with van der Waals surface area (Å²) in [5.74, 6) is 1.56. The third kappa shape index (κ3) is 3.44. The number of nitrogens with one attached hydrogen (secondary N) is 1. The highest BCUT2D eigenvalue weighted by Gasteiger charge is 2.38. The Hall–Kier alpha value is -0.120. The predicted octanol–water partition coefficient (Wildman–Crippen LogP) is 1.29. The van der Waals surface area contributed by atoms with Crippen molar-refractivity contribution >= 4 is 0 Å². The molecule has 3 nitrogen and oxygen atoms in total. The van der Waals surface area contributed by atoms with Crippen LogP contribution in [-0.4, -0.2) is 44.2 Å². The Kier molecular flexibility index (Phi) is 5.22. The van der Waals surface area contributed by atoms with E-state index in [-0.39, 0.29) is 5.54 Å². The fourth-order valence-corrected chi connectivity index (χ4v) is 2.86. The molecular formula is C13H29N3. The molecule has 3 N–H and O–H groups in total. The van der Waals surface area contributed by atoms with Crippen LogP contribution in [-0.2, 0) is 0 Å². The summed E-state index contributed by atoms with van der Waals surface area (Å²) in [6, 6.07) is 0. The van der Waals surface area contributed by atoms with E-state index in [1.54, 1.807) is 0 Å². The molecule has 0 aliphatic heterocycles. The molecule has 16 heavy (non-hydrogen) atoms. The van der Waals surface area contributed by atoms with Gasteiger partial charge in [0, 0.05) is 25.2 Å². The van der Waals surface area contributed by atoms with Gasteiger partial charge in [0.25, 0.3) is 0 Å². The van der Waals surface area contributed by atoms with E-state index in [0.717, 1.165) is 25.6 Å². The molecule has 0 amide bonds. The highest BCUT2D eigenvalue weighted by atomic mass is 15.1. The number of nitrogens with two attached hydrogens (primary N) is 1. The van der Waals surface area contributed by atoms with Crippen LogP contribution in [0, 0.1) is 11.8 Å². The van der Waals surface area contributed by atoms with Gasteiger partial charge in [-0.15, -0.1) is 0 Å². The molecular weight excluding hydrogens is 198 g/mol. The summed E-state index contributed by atoms with van der Waals surface area (Å²) in [6.07, 6.45) is 3.86. The molecule has 3 atom stereocenters. The van der Waals surface area contributed by atoms with Crippen molar-refractivity contribution < 1.29 is 0 Å². The van der Waals surface area contributed by atoms with Gasteiger partial charge in [0.15, 0.2) is 0 Å². The van der Waals surface area contributed by atoms with E-state index < -0.39 is 0 Å². The quantitative estimate of drug-likeness (QED) is 0.744. The van der Waals surface area contributed by atoms with Crippen LogP contribution in [0.5, 0.6) is 0 Å². The van der Waals surface area contributed by atoms with Crippen LogP contribution in [0.25, 0.3) is 0 Å². The maximum absolute atomic E-state index is 6.01. The molecule has 96 valence electrons. The largest absolute Gasteiger partial charge is 0.329 e. The molecule has 1 saturated carbocycles. The maximum atomic E-state index is 6.01. The summed E-state index contributed by atoms with van der Waals surface area (Å²) < 4.78 is 0. The zero-order valence-corrected chi connectivity index (χ0v) is 11.4. The first kappa shape index (κ1) is 13.9. The fraction of sp³-hybridized carbons (Fsp3) is 1.00. The Morgan fingerprint density at radius 3 is 2.56 bits per heavy atom. The number of nitrogens with zero attached hydrogens (tertiary/aromatic N) is 1. The SMILES string of the molecule is CC1CCC(CN)(NCCN(C)C)C(C)C1. The molecule has 0 aromatic heterocycles. The van der Waals surface area contributed by atoms with Crippen molar-refractivity contribution in [1.29, 1.82) is 0 Å². The Morgan fingerprint density at radius 1 is 1.38 bits per heavy atom. The highest BCUT2D eigenvalue weighted by molar-refractivity contribution is 4.97. The van der Waals surface area contributed by atoms with Gasteiger partial charge in [-0.2, -0.15) is 0 Å². The first-order valence-electron chi connectivity index (χ1n) is 6.60. The van der Waals surface area contributed by atoms with Gasteiger partial charge >= 0.3 is 0 Å². The van der Waals surface area contributed by atoms with Crippen molar-refractivity contribution in [1.82, 2.24) is 10.2 Å². The summed E-state index contributed by atoms with van der Waals surface area (Å²) in [6.45, 7) is 7.61.